The van der Waals surface area contributed by atoms with Gasteiger partial charge in [0.15, 0.2) is 0 Å². The topological polar surface area (TPSA) is 12.9 Å². The van der Waals surface area contributed by atoms with Crippen LogP contribution in [0.3, 0.4) is 0 Å². The van der Waals surface area contributed by atoms with Crippen LogP contribution in [0.4, 0.5) is 0 Å². The molecule has 0 spiro atoms. The standard InChI is InChI=1S/C26H25N/c1-3-10-23(20-11-6-4-7-12-20)22-15-16-25-24(21-13-8-5-9-14-21)17-18-27-26(25)19(22)2/h4-11,13-18,20H,3,12H2,1-2H3/b23-10-. The first-order valence-electron chi connectivity index (χ1n) is 9.77. The first-order chi connectivity index (χ1) is 13.3. The lowest BCUT2D eigenvalue weighted by atomic mass is 9.84. The lowest BCUT2D eigenvalue weighted by Crippen LogP contribution is -2.04. The minimum Gasteiger partial charge on any atom is -0.256 e. The largest absolute Gasteiger partial charge is 0.256 e. The highest BCUT2D eigenvalue weighted by atomic mass is 14.7. The maximum Gasteiger partial charge on any atom is 0.0743 e. The number of hydrogen-bond acceptors (Lipinski definition) is 1. The Kier molecular flexibility index (Phi) is 5.02. The molecule has 0 saturated carbocycles. The molecule has 1 heterocycles. The Morgan fingerprint density at radius 3 is 2.67 bits per heavy atom. The third kappa shape index (κ3) is 3.38. The van der Waals surface area contributed by atoms with Crippen molar-refractivity contribution in [2.75, 3.05) is 0 Å². The third-order valence-electron chi connectivity index (χ3n) is 5.37. The second-order valence-electron chi connectivity index (χ2n) is 7.08. The minimum atomic E-state index is 0.448. The summed E-state index contributed by atoms with van der Waals surface area (Å²) < 4.78 is 0. The van der Waals surface area contributed by atoms with Crippen LogP contribution in [0.5, 0.6) is 0 Å². The van der Waals surface area contributed by atoms with Crippen LogP contribution in [0.15, 0.2) is 85.1 Å². The van der Waals surface area contributed by atoms with E-state index in [4.69, 9.17) is 4.98 Å². The van der Waals surface area contributed by atoms with Crippen LogP contribution in [-0.4, -0.2) is 4.98 Å². The molecule has 1 nitrogen and oxygen atoms in total. The molecular formula is C26H25N. The summed E-state index contributed by atoms with van der Waals surface area (Å²) in [5.41, 5.74) is 7.61. The Bertz CT molecular complexity index is 1040. The van der Waals surface area contributed by atoms with Crippen molar-refractivity contribution >= 4 is 16.5 Å². The van der Waals surface area contributed by atoms with Gasteiger partial charge in [-0.25, -0.2) is 0 Å². The van der Waals surface area contributed by atoms with Crippen molar-refractivity contribution in [2.45, 2.75) is 26.7 Å². The van der Waals surface area contributed by atoms with E-state index in [1.807, 2.05) is 6.20 Å². The molecule has 1 heteroatoms. The van der Waals surface area contributed by atoms with Crippen molar-refractivity contribution < 1.29 is 0 Å². The van der Waals surface area contributed by atoms with Gasteiger partial charge in [0.25, 0.3) is 0 Å². The van der Waals surface area contributed by atoms with Crippen LogP contribution in [0.2, 0.25) is 0 Å². The average molecular weight is 351 g/mol. The molecule has 0 aliphatic heterocycles. The van der Waals surface area contributed by atoms with Gasteiger partial charge in [-0.05, 0) is 53.7 Å². The van der Waals surface area contributed by atoms with Crippen molar-refractivity contribution in [3.8, 4) is 11.1 Å². The van der Waals surface area contributed by atoms with Gasteiger partial charge in [-0.15, -0.1) is 0 Å². The molecule has 2 aromatic carbocycles. The van der Waals surface area contributed by atoms with E-state index < -0.39 is 0 Å². The number of aromatic nitrogens is 1. The van der Waals surface area contributed by atoms with Gasteiger partial charge in [0.1, 0.15) is 0 Å². The first kappa shape index (κ1) is 17.5. The van der Waals surface area contributed by atoms with Gasteiger partial charge in [-0.1, -0.05) is 79.8 Å². The van der Waals surface area contributed by atoms with Gasteiger partial charge >= 0.3 is 0 Å². The summed E-state index contributed by atoms with van der Waals surface area (Å²) in [5, 5.41) is 1.22. The van der Waals surface area contributed by atoms with E-state index in [1.165, 1.54) is 33.2 Å². The van der Waals surface area contributed by atoms with E-state index >= 15 is 0 Å². The van der Waals surface area contributed by atoms with Crippen molar-refractivity contribution in [1.82, 2.24) is 4.98 Å². The summed E-state index contributed by atoms with van der Waals surface area (Å²) in [4.78, 5) is 4.76. The zero-order valence-electron chi connectivity index (χ0n) is 16.0. The molecule has 134 valence electrons. The van der Waals surface area contributed by atoms with Crippen LogP contribution in [0.25, 0.3) is 27.6 Å². The summed E-state index contributed by atoms with van der Waals surface area (Å²) in [7, 11) is 0. The summed E-state index contributed by atoms with van der Waals surface area (Å²) in [6.07, 6.45) is 15.3. The Morgan fingerprint density at radius 1 is 1.07 bits per heavy atom. The maximum absolute atomic E-state index is 4.76. The number of aryl methyl sites for hydroxylation is 1. The monoisotopic (exact) mass is 351 g/mol. The predicted octanol–water partition coefficient (Wildman–Crippen LogP) is 7.14. The Balaban J connectivity index is 1.86. The van der Waals surface area contributed by atoms with Crippen molar-refractivity contribution in [2.24, 2.45) is 5.92 Å². The van der Waals surface area contributed by atoms with Crippen LogP contribution < -0.4 is 0 Å². The molecule has 1 aliphatic rings. The number of allylic oxidation sites excluding steroid dienone is 6. The van der Waals surface area contributed by atoms with E-state index in [9.17, 15) is 0 Å². The van der Waals surface area contributed by atoms with Crippen LogP contribution >= 0.6 is 0 Å². The quantitative estimate of drug-likeness (QED) is 0.487. The Morgan fingerprint density at radius 2 is 1.93 bits per heavy atom. The molecule has 1 aliphatic carbocycles. The number of hydrogen-bond donors (Lipinski definition) is 0. The van der Waals surface area contributed by atoms with Gasteiger partial charge in [0.2, 0.25) is 0 Å². The van der Waals surface area contributed by atoms with E-state index in [2.05, 4.69) is 92.8 Å². The smallest absolute Gasteiger partial charge is 0.0743 e. The number of pyridine rings is 1. The molecule has 4 rings (SSSR count). The predicted molar refractivity (Wildman–Crippen MR) is 117 cm³/mol. The molecule has 0 radical (unpaired) electrons. The van der Waals surface area contributed by atoms with Gasteiger partial charge in [0, 0.05) is 17.5 Å². The fourth-order valence-electron chi connectivity index (χ4n) is 4.03. The van der Waals surface area contributed by atoms with Gasteiger partial charge in [-0.3, -0.25) is 4.98 Å². The highest BCUT2D eigenvalue weighted by Gasteiger charge is 2.17. The number of benzene rings is 2. The van der Waals surface area contributed by atoms with Gasteiger partial charge in [-0.2, -0.15) is 0 Å². The van der Waals surface area contributed by atoms with E-state index in [0.29, 0.717) is 5.92 Å². The molecule has 0 amide bonds. The summed E-state index contributed by atoms with van der Waals surface area (Å²) in [5.74, 6) is 0.448. The molecule has 0 saturated heterocycles. The van der Waals surface area contributed by atoms with Crippen LogP contribution in [-0.2, 0) is 0 Å². The molecule has 0 bridgehead atoms. The van der Waals surface area contributed by atoms with Crippen LogP contribution in [0.1, 0.15) is 30.9 Å². The Hall–Kier alpha value is -2.93. The first-order valence-corrected chi connectivity index (χ1v) is 9.77. The van der Waals surface area contributed by atoms with E-state index in [0.717, 1.165) is 18.4 Å². The van der Waals surface area contributed by atoms with E-state index in [-0.39, 0.29) is 0 Å². The number of nitrogens with zero attached hydrogens (tertiary/aromatic N) is 1. The van der Waals surface area contributed by atoms with Crippen molar-refractivity contribution in [1.29, 1.82) is 0 Å². The van der Waals surface area contributed by atoms with E-state index in [1.54, 1.807) is 0 Å². The van der Waals surface area contributed by atoms with Gasteiger partial charge < -0.3 is 0 Å². The molecule has 1 unspecified atom stereocenters. The van der Waals surface area contributed by atoms with Crippen molar-refractivity contribution in [3.05, 3.63) is 96.2 Å². The highest BCUT2D eigenvalue weighted by Crippen LogP contribution is 2.36. The van der Waals surface area contributed by atoms with Crippen LogP contribution in [0, 0.1) is 12.8 Å². The maximum atomic E-state index is 4.76. The van der Waals surface area contributed by atoms with Crippen molar-refractivity contribution in [3.63, 3.8) is 0 Å². The zero-order valence-corrected chi connectivity index (χ0v) is 16.0. The lowest BCUT2D eigenvalue weighted by molar-refractivity contribution is 0.838. The molecule has 0 fully saturated rings. The SMILES string of the molecule is CC/C=C(\c1ccc2c(-c3ccccc3)ccnc2c1C)C1C=CC=CC1. The molecule has 27 heavy (non-hydrogen) atoms. The second kappa shape index (κ2) is 7.75. The number of rotatable bonds is 4. The molecule has 1 aromatic heterocycles. The third-order valence-corrected chi connectivity index (χ3v) is 5.37. The molecule has 1 atom stereocenters. The number of fused-ring (bicyclic) bond motifs is 1. The fourth-order valence-corrected chi connectivity index (χ4v) is 4.03. The summed E-state index contributed by atoms with van der Waals surface area (Å²) in [6.45, 7) is 4.43. The normalized spacial score (nSPS) is 16.8. The van der Waals surface area contributed by atoms with Gasteiger partial charge in [0.05, 0.1) is 5.52 Å². The minimum absolute atomic E-state index is 0.448. The molecule has 3 aromatic rings. The fraction of sp³-hybridized carbons (Fsp3) is 0.192. The summed E-state index contributed by atoms with van der Waals surface area (Å²) >= 11 is 0. The molecule has 0 N–H and O–H groups in total. The highest BCUT2D eigenvalue weighted by molar-refractivity contribution is 5.98. The lowest BCUT2D eigenvalue weighted by Gasteiger charge is -2.21. The second-order valence-corrected chi connectivity index (χ2v) is 7.08. The average Bonchev–Trinajstić information content (AvgIpc) is 2.74. The summed E-state index contributed by atoms with van der Waals surface area (Å²) in [6, 6.07) is 17.2. The molecular weight excluding hydrogens is 326 g/mol. The zero-order chi connectivity index (χ0) is 18.6. The Labute approximate surface area is 161 Å².